The van der Waals surface area contributed by atoms with E-state index in [2.05, 4.69) is 0 Å². The molecule has 1 heterocycles. The first-order valence-corrected chi connectivity index (χ1v) is 6.87. The monoisotopic (exact) mass is 272 g/mol. The second kappa shape index (κ2) is 7.33. The Kier molecular flexibility index (Phi) is 6.08. The number of amides is 2. The smallest absolute Gasteiger partial charge is 0.320 e. The largest absolute Gasteiger partial charge is 0.481 e. The highest BCUT2D eigenvalue weighted by molar-refractivity contribution is 5.76. The highest BCUT2D eigenvalue weighted by atomic mass is 16.4. The SMILES string of the molecule is CC(C)N(CCCO)C(=O)N1CCCC1CC(=O)O. The molecule has 2 amide bonds. The molecule has 6 nitrogen and oxygen atoms in total. The molecule has 6 heteroatoms. The van der Waals surface area contributed by atoms with Gasteiger partial charge < -0.3 is 20.0 Å². The van der Waals surface area contributed by atoms with Gasteiger partial charge in [-0.2, -0.15) is 0 Å². The van der Waals surface area contributed by atoms with E-state index in [0.29, 0.717) is 19.5 Å². The second-order valence-corrected chi connectivity index (χ2v) is 5.23. The number of hydrogen-bond acceptors (Lipinski definition) is 3. The predicted octanol–water partition coefficient (Wildman–Crippen LogP) is 1.14. The summed E-state index contributed by atoms with van der Waals surface area (Å²) < 4.78 is 0. The van der Waals surface area contributed by atoms with Gasteiger partial charge in [-0.05, 0) is 33.1 Å². The van der Waals surface area contributed by atoms with Gasteiger partial charge in [0.1, 0.15) is 0 Å². The van der Waals surface area contributed by atoms with Crippen molar-refractivity contribution in [1.29, 1.82) is 0 Å². The van der Waals surface area contributed by atoms with Crippen LogP contribution in [0.5, 0.6) is 0 Å². The van der Waals surface area contributed by atoms with Crippen molar-refractivity contribution in [3.8, 4) is 0 Å². The molecule has 110 valence electrons. The minimum atomic E-state index is -0.865. The number of aliphatic carboxylic acids is 1. The molecule has 1 aliphatic heterocycles. The second-order valence-electron chi connectivity index (χ2n) is 5.23. The van der Waals surface area contributed by atoms with Crippen LogP contribution in [0.2, 0.25) is 0 Å². The summed E-state index contributed by atoms with van der Waals surface area (Å²) in [6.07, 6.45) is 2.17. The Morgan fingerprint density at radius 2 is 2.11 bits per heavy atom. The lowest BCUT2D eigenvalue weighted by Crippen LogP contribution is -2.49. The molecular weight excluding hydrogens is 248 g/mol. The van der Waals surface area contributed by atoms with Crippen LogP contribution < -0.4 is 0 Å². The Labute approximate surface area is 114 Å². The number of nitrogens with zero attached hydrogens (tertiary/aromatic N) is 2. The normalized spacial score (nSPS) is 18.9. The molecule has 0 aromatic rings. The maximum atomic E-state index is 12.5. The van der Waals surface area contributed by atoms with Crippen LogP contribution in [-0.2, 0) is 4.79 Å². The van der Waals surface area contributed by atoms with Crippen molar-refractivity contribution >= 4 is 12.0 Å². The number of carboxylic acid groups (broad SMARTS) is 1. The summed E-state index contributed by atoms with van der Waals surface area (Å²) in [4.78, 5) is 26.7. The molecular formula is C13H24N2O4. The fourth-order valence-electron chi connectivity index (χ4n) is 2.48. The van der Waals surface area contributed by atoms with Crippen molar-refractivity contribution in [2.75, 3.05) is 19.7 Å². The zero-order valence-electron chi connectivity index (χ0n) is 11.7. The first-order chi connectivity index (χ1) is 8.97. The quantitative estimate of drug-likeness (QED) is 0.759. The first kappa shape index (κ1) is 15.8. The number of carbonyl (C=O) groups excluding carboxylic acids is 1. The number of urea groups is 1. The molecule has 0 radical (unpaired) electrons. The third-order valence-electron chi connectivity index (χ3n) is 3.46. The number of aliphatic hydroxyl groups excluding tert-OH is 1. The van der Waals surface area contributed by atoms with E-state index in [1.165, 1.54) is 0 Å². The Hall–Kier alpha value is -1.30. The van der Waals surface area contributed by atoms with E-state index in [4.69, 9.17) is 10.2 Å². The van der Waals surface area contributed by atoms with Crippen molar-refractivity contribution in [1.82, 2.24) is 9.80 Å². The van der Waals surface area contributed by atoms with Crippen LogP contribution in [0, 0.1) is 0 Å². The Morgan fingerprint density at radius 1 is 1.42 bits per heavy atom. The summed E-state index contributed by atoms with van der Waals surface area (Å²) >= 11 is 0. The van der Waals surface area contributed by atoms with Gasteiger partial charge in [0.25, 0.3) is 0 Å². The topological polar surface area (TPSA) is 81.1 Å². The molecule has 1 saturated heterocycles. The molecule has 0 spiro atoms. The molecule has 1 atom stereocenters. The molecule has 0 aromatic carbocycles. The molecule has 19 heavy (non-hydrogen) atoms. The average molecular weight is 272 g/mol. The predicted molar refractivity (Wildman–Crippen MR) is 70.9 cm³/mol. The summed E-state index contributed by atoms with van der Waals surface area (Å²) in [5.74, 6) is -0.865. The van der Waals surface area contributed by atoms with Crippen LogP contribution in [-0.4, -0.2) is 63.8 Å². The number of likely N-dealkylation sites (tertiary alicyclic amines) is 1. The van der Waals surface area contributed by atoms with Gasteiger partial charge in [0, 0.05) is 31.8 Å². The van der Waals surface area contributed by atoms with E-state index in [1.807, 2.05) is 13.8 Å². The summed E-state index contributed by atoms with van der Waals surface area (Å²) in [5, 5.41) is 17.8. The summed E-state index contributed by atoms with van der Waals surface area (Å²) in [6, 6.07) is -0.252. The Morgan fingerprint density at radius 3 is 2.63 bits per heavy atom. The van der Waals surface area contributed by atoms with Gasteiger partial charge >= 0.3 is 12.0 Å². The molecule has 1 unspecified atom stereocenters. The minimum Gasteiger partial charge on any atom is -0.481 e. The molecule has 0 aliphatic carbocycles. The number of rotatable bonds is 6. The van der Waals surface area contributed by atoms with Gasteiger partial charge in [0.15, 0.2) is 0 Å². The summed E-state index contributed by atoms with van der Waals surface area (Å²) in [6.45, 7) is 5.03. The van der Waals surface area contributed by atoms with E-state index in [-0.39, 0.29) is 31.1 Å². The third-order valence-corrected chi connectivity index (χ3v) is 3.46. The van der Waals surface area contributed by atoms with Gasteiger partial charge in [-0.3, -0.25) is 4.79 Å². The third kappa shape index (κ3) is 4.38. The standard InChI is InChI=1S/C13H24N2O4/c1-10(2)14(7-4-8-16)13(19)15-6-3-5-11(15)9-12(17)18/h10-11,16H,3-9H2,1-2H3,(H,17,18). The lowest BCUT2D eigenvalue weighted by molar-refractivity contribution is -0.138. The highest BCUT2D eigenvalue weighted by Crippen LogP contribution is 2.22. The fourth-order valence-corrected chi connectivity index (χ4v) is 2.48. The van der Waals surface area contributed by atoms with E-state index < -0.39 is 5.97 Å². The van der Waals surface area contributed by atoms with Crippen LogP contribution >= 0.6 is 0 Å². The average Bonchev–Trinajstić information content (AvgIpc) is 2.76. The number of aliphatic hydroxyl groups is 1. The van der Waals surface area contributed by atoms with Crippen molar-refractivity contribution in [2.45, 2.75) is 51.6 Å². The van der Waals surface area contributed by atoms with E-state index in [1.54, 1.807) is 9.80 Å². The highest BCUT2D eigenvalue weighted by Gasteiger charge is 2.33. The zero-order valence-corrected chi connectivity index (χ0v) is 11.7. The molecule has 2 N–H and O–H groups in total. The lowest BCUT2D eigenvalue weighted by atomic mass is 10.1. The van der Waals surface area contributed by atoms with Crippen molar-refractivity contribution in [2.24, 2.45) is 0 Å². The van der Waals surface area contributed by atoms with Crippen molar-refractivity contribution in [3.63, 3.8) is 0 Å². The molecule has 1 aliphatic rings. The van der Waals surface area contributed by atoms with Crippen LogP contribution in [0.15, 0.2) is 0 Å². The van der Waals surface area contributed by atoms with Crippen molar-refractivity contribution in [3.05, 3.63) is 0 Å². The minimum absolute atomic E-state index is 0.0116. The van der Waals surface area contributed by atoms with E-state index >= 15 is 0 Å². The maximum absolute atomic E-state index is 12.5. The van der Waals surface area contributed by atoms with Gasteiger partial charge in [-0.1, -0.05) is 0 Å². The van der Waals surface area contributed by atoms with E-state index in [0.717, 1.165) is 12.8 Å². The van der Waals surface area contributed by atoms with Gasteiger partial charge in [-0.15, -0.1) is 0 Å². The molecule has 0 aromatic heterocycles. The molecule has 0 bridgehead atoms. The molecule has 0 saturated carbocycles. The number of carbonyl (C=O) groups is 2. The first-order valence-electron chi connectivity index (χ1n) is 6.87. The van der Waals surface area contributed by atoms with Crippen molar-refractivity contribution < 1.29 is 19.8 Å². The Balaban J connectivity index is 2.69. The Bertz CT molecular complexity index is 320. The maximum Gasteiger partial charge on any atom is 0.320 e. The van der Waals surface area contributed by atoms with Gasteiger partial charge in [-0.25, -0.2) is 4.79 Å². The van der Waals surface area contributed by atoms with Crippen LogP contribution in [0.4, 0.5) is 4.79 Å². The van der Waals surface area contributed by atoms with Gasteiger partial charge in [0.05, 0.1) is 6.42 Å². The molecule has 1 fully saturated rings. The lowest BCUT2D eigenvalue weighted by Gasteiger charge is -2.33. The zero-order chi connectivity index (χ0) is 14.4. The van der Waals surface area contributed by atoms with Crippen LogP contribution in [0.3, 0.4) is 0 Å². The number of carboxylic acids is 1. The van der Waals surface area contributed by atoms with Crippen LogP contribution in [0.25, 0.3) is 0 Å². The summed E-state index contributed by atoms with van der Waals surface area (Å²) in [5.41, 5.74) is 0. The van der Waals surface area contributed by atoms with Gasteiger partial charge in [0.2, 0.25) is 0 Å². The number of hydrogen-bond donors (Lipinski definition) is 2. The van der Waals surface area contributed by atoms with Crippen LogP contribution in [0.1, 0.15) is 39.5 Å². The van der Waals surface area contributed by atoms with E-state index in [9.17, 15) is 9.59 Å². The summed E-state index contributed by atoms with van der Waals surface area (Å²) in [7, 11) is 0. The fraction of sp³-hybridized carbons (Fsp3) is 0.846. The molecule has 1 rings (SSSR count).